The fourth-order valence-corrected chi connectivity index (χ4v) is 3.22. The second kappa shape index (κ2) is 8.51. The van der Waals surface area contributed by atoms with Crippen molar-refractivity contribution in [2.24, 2.45) is 18.0 Å². The summed E-state index contributed by atoms with van der Waals surface area (Å²) < 4.78 is 1.86. The van der Waals surface area contributed by atoms with E-state index in [1.807, 2.05) is 31.8 Å². The van der Waals surface area contributed by atoms with E-state index in [1.54, 1.807) is 0 Å². The first-order chi connectivity index (χ1) is 11.5. The second-order valence-electron chi connectivity index (χ2n) is 6.93. The molecular weight excluding hydrogens is 302 g/mol. The fourth-order valence-electron chi connectivity index (χ4n) is 3.22. The lowest BCUT2D eigenvalue weighted by atomic mass is 9.98. The van der Waals surface area contributed by atoms with E-state index in [1.165, 1.54) is 12.0 Å². The van der Waals surface area contributed by atoms with Crippen LogP contribution in [-0.2, 0) is 13.5 Å². The summed E-state index contributed by atoms with van der Waals surface area (Å²) in [5, 5.41) is 18.1. The number of rotatable bonds is 7. The van der Waals surface area contributed by atoms with E-state index in [0.29, 0.717) is 12.5 Å². The zero-order valence-electron chi connectivity index (χ0n) is 15.6. The molecule has 0 aromatic carbocycles. The van der Waals surface area contributed by atoms with E-state index in [9.17, 15) is 5.11 Å². The van der Waals surface area contributed by atoms with Gasteiger partial charge in [0.05, 0.1) is 18.3 Å². The number of nitrogens with zero attached hydrogens (tertiary/aromatic N) is 4. The van der Waals surface area contributed by atoms with Gasteiger partial charge in [-0.05, 0) is 44.1 Å². The van der Waals surface area contributed by atoms with Gasteiger partial charge in [0.25, 0.3) is 0 Å². The SMILES string of the molecule is CCNC(=NCC(O)(CC)CC)N1CCC(Cc2cnn(C)c2)C1. The first-order valence-corrected chi connectivity index (χ1v) is 9.22. The molecule has 6 nitrogen and oxygen atoms in total. The van der Waals surface area contributed by atoms with Crippen molar-refractivity contribution in [1.82, 2.24) is 20.0 Å². The zero-order valence-corrected chi connectivity index (χ0v) is 15.6. The Bertz CT molecular complexity index is 535. The van der Waals surface area contributed by atoms with Gasteiger partial charge < -0.3 is 15.3 Å². The molecule has 2 heterocycles. The molecule has 1 unspecified atom stereocenters. The number of hydrogen-bond donors (Lipinski definition) is 2. The Balaban J connectivity index is 1.96. The molecule has 1 fully saturated rings. The van der Waals surface area contributed by atoms with Gasteiger partial charge in [0.15, 0.2) is 5.96 Å². The van der Waals surface area contributed by atoms with Gasteiger partial charge in [0, 0.05) is 32.9 Å². The highest BCUT2D eigenvalue weighted by Crippen LogP contribution is 2.21. The van der Waals surface area contributed by atoms with E-state index in [-0.39, 0.29) is 0 Å². The second-order valence-corrected chi connectivity index (χ2v) is 6.93. The van der Waals surface area contributed by atoms with E-state index in [0.717, 1.165) is 44.9 Å². The minimum atomic E-state index is -0.685. The zero-order chi connectivity index (χ0) is 17.6. The summed E-state index contributed by atoms with van der Waals surface area (Å²) in [6, 6.07) is 0. The van der Waals surface area contributed by atoms with E-state index < -0.39 is 5.60 Å². The molecule has 0 radical (unpaired) electrons. The molecule has 0 amide bonds. The third kappa shape index (κ3) is 4.97. The number of guanidine groups is 1. The summed E-state index contributed by atoms with van der Waals surface area (Å²) in [5.74, 6) is 1.57. The Kier molecular flexibility index (Phi) is 6.66. The van der Waals surface area contributed by atoms with Gasteiger partial charge in [-0.1, -0.05) is 13.8 Å². The summed E-state index contributed by atoms with van der Waals surface area (Å²) in [6.07, 6.45) is 7.77. The molecule has 6 heteroatoms. The van der Waals surface area contributed by atoms with Gasteiger partial charge in [-0.2, -0.15) is 5.10 Å². The molecular formula is C18H33N5O. The number of aliphatic imine (C=N–C) groups is 1. The van der Waals surface area contributed by atoms with Crippen LogP contribution in [0.15, 0.2) is 17.4 Å². The van der Waals surface area contributed by atoms with Crippen LogP contribution in [-0.4, -0.2) is 57.5 Å². The van der Waals surface area contributed by atoms with Gasteiger partial charge in [-0.15, -0.1) is 0 Å². The summed E-state index contributed by atoms with van der Waals surface area (Å²) in [5.41, 5.74) is 0.618. The number of hydrogen-bond acceptors (Lipinski definition) is 3. The normalized spacial score (nSPS) is 19.1. The third-order valence-corrected chi connectivity index (χ3v) is 5.04. The van der Waals surface area contributed by atoms with Gasteiger partial charge in [0.1, 0.15) is 0 Å². The number of aliphatic hydroxyl groups is 1. The van der Waals surface area contributed by atoms with Crippen LogP contribution in [0.2, 0.25) is 0 Å². The van der Waals surface area contributed by atoms with Crippen LogP contribution in [0.1, 0.15) is 45.6 Å². The largest absolute Gasteiger partial charge is 0.388 e. The molecule has 1 saturated heterocycles. The van der Waals surface area contributed by atoms with Crippen LogP contribution < -0.4 is 5.32 Å². The van der Waals surface area contributed by atoms with Crippen molar-refractivity contribution in [3.05, 3.63) is 18.0 Å². The van der Waals surface area contributed by atoms with Gasteiger partial charge >= 0.3 is 0 Å². The lowest BCUT2D eigenvalue weighted by molar-refractivity contribution is 0.0416. The van der Waals surface area contributed by atoms with Crippen LogP contribution in [0, 0.1) is 5.92 Å². The Morgan fingerprint density at radius 1 is 1.42 bits per heavy atom. The summed E-state index contributed by atoms with van der Waals surface area (Å²) in [6.45, 7) is 9.47. The fraction of sp³-hybridized carbons (Fsp3) is 0.778. The van der Waals surface area contributed by atoms with Gasteiger partial charge in [-0.25, -0.2) is 0 Å². The maximum Gasteiger partial charge on any atom is 0.194 e. The Labute approximate surface area is 146 Å². The van der Waals surface area contributed by atoms with Gasteiger partial charge in [-0.3, -0.25) is 9.67 Å². The van der Waals surface area contributed by atoms with Crippen molar-refractivity contribution in [3.8, 4) is 0 Å². The molecule has 1 aromatic heterocycles. The predicted octanol–water partition coefficient (Wildman–Crippen LogP) is 1.80. The Morgan fingerprint density at radius 3 is 2.75 bits per heavy atom. The monoisotopic (exact) mass is 335 g/mol. The van der Waals surface area contributed by atoms with Gasteiger partial charge in [0.2, 0.25) is 0 Å². The first-order valence-electron chi connectivity index (χ1n) is 9.22. The first kappa shape index (κ1) is 18.8. The standard InChI is InChI=1S/C18H33N5O/c1-5-18(24,6-2)14-20-17(19-7-3)23-9-8-15(13-23)10-16-11-21-22(4)12-16/h11-12,15,24H,5-10,13-14H2,1-4H3,(H,19,20). The van der Waals surface area contributed by atoms with E-state index >= 15 is 0 Å². The quantitative estimate of drug-likeness (QED) is 0.589. The van der Waals surface area contributed by atoms with E-state index in [2.05, 4.69) is 28.4 Å². The van der Waals surface area contributed by atoms with Crippen molar-refractivity contribution in [2.45, 2.75) is 52.1 Å². The highest BCUT2D eigenvalue weighted by molar-refractivity contribution is 5.80. The lowest BCUT2D eigenvalue weighted by Crippen LogP contribution is -2.42. The molecule has 1 atom stereocenters. The van der Waals surface area contributed by atoms with Crippen molar-refractivity contribution in [1.29, 1.82) is 0 Å². The molecule has 24 heavy (non-hydrogen) atoms. The van der Waals surface area contributed by atoms with Crippen LogP contribution in [0.25, 0.3) is 0 Å². The molecule has 0 bridgehead atoms. The third-order valence-electron chi connectivity index (χ3n) is 5.04. The number of aryl methyl sites for hydroxylation is 1. The van der Waals surface area contributed by atoms with E-state index in [4.69, 9.17) is 4.99 Å². The summed E-state index contributed by atoms with van der Waals surface area (Å²) in [4.78, 5) is 7.05. The molecule has 1 aliphatic rings. The number of aromatic nitrogens is 2. The number of nitrogens with one attached hydrogen (secondary N) is 1. The van der Waals surface area contributed by atoms with Crippen LogP contribution in [0.3, 0.4) is 0 Å². The number of likely N-dealkylation sites (tertiary alicyclic amines) is 1. The minimum absolute atomic E-state index is 0.464. The van der Waals surface area contributed by atoms with Crippen LogP contribution in [0.4, 0.5) is 0 Å². The highest BCUT2D eigenvalue weighted by Gasteiger charge is 2.27. The maximum absolute atomic E-state index is 10.5. The molecule has 2 rings (SSSR count). The van der Waals surface area contributed by atoms with Crippen molar-refractivity contribution in [2.75, 3.05) is 26.2 Å². The predicted molar refractivity (Wildman–Crippen MR) is 98.1 cm³/mol. The molecule has 1 aliphatic heterocycles. The molecule has 0 aliphatic carbocycles. The maximum atomic E-state index is 10.5. The van der Waals surface area contributed by atoms with Crippen molar-refractivity contribution >= 4 is 5.96 Å². The highest BCUT2D eigenvalue weighted by atomic mass is 16.3. The molecule has 0 saturated carbocycles. The smallest absolute Gasteiger partial charge is 0.194 e. The summed E-state index contributed by atoms with van der Waals surface area (Å²) >= 11 is 0. The average Bonchev–Trinajstić information content (AvgIpc) is 3.20. The molecule has 136 valence electrons. The Hall–Kier alpha value is -1.56. The lowest BCUT2D eigenvalue weighted by Gasteiger charge is -2.26. The topological polar surface area (TPSA) is 65.7 Å². The summed E-state index contributed by atoms with van der Waals surface area (Å²) in [7, 11) is 1.96. The van der Waals surface area contributed by atoms with Crippen molar-refractivity contribution < 1.29 is 5.11 Å². The average molecular weight is 335 g/mol. The molecule has 0 spiro atoms. The van der Waals surface area contributed by atoms with Crippen molar-refractivity contribution in [3.63, 3.8) is 0 Å². The molecule has 1 aromatic rings. The van der Waals surface area contributed by atoms with Crippen LogP contribution in [0.5, 0.6) is 0 Å². The Morgan fingerprint density at radius 2 is 2.17 bits per heavy atom. The van der Waals surface area contributed by atoms with Crippen LogP contribution >= 0.6 is 0 Å². The minimum Gasteiger partial charge on any atom is -0.388 e. The molecule has 2 N–H and O–H groups in total.